The molecule has 0 spiro atoms. The highest BCUT2D eigenvalue weighted by Crippen LogP contribution is 2.22. The Kier molecular flexibility index (Phi) is 3.05. The van der Waals surface area contributed by atoms with E-state index in [4.69, 9.17) is 5.73 Å². The Balaban J connectivity index is 2.12. The van der Waals surface area contributed by atoms with Gasteiger partial charge in [-0.1, -0.05) is 18.2 Å². The van der Waals surface area contributed by atoms with Crippen LogP contribution >= 0.6 is 0 Å². The third kappa shape index (κ3) is 2.24. The highest BCUT2D eigenvalue weighted by Gasteiger charge is 2.16. The Morgan fingerprint density at radius 3 is 2.74 bits per heavy atom. The van der Waals surface area contributed by atoms with Crippen LogP contribution in [0.15, 0.2) is 30.3 Å². The Labute approximate surface area is 111 Å². The van der Waals surface area contributed by atoms with Gasteiger partial charge in [0.25, 0.3) is 0 Å². The van der Waals surface area contributed by atoms with E-state index in [2.05, 4.69) is 15.2 Å². The molecule has 0 bridgehead atoms. The van der Waals surface area contributed by atoms with Crippen LogP contribution in [0.3, 0.4) is 0 Å². The molecule has 0 aliphatic carbocycles. The summed E-state index contributed by atoms with van der Waals surface area (Å²) in [6.07, 6.45) is 0. The van der Waals surface area contributed by atoms with Gasteiger partial charge in [0.05, 0.1) is 11.1 Å². The number of aromatic nitrogens is 1. The number of para-hydroxylation sites is 1. The van der Waals surface area contributed by atoms with Crippen molar-refractivity contribution in [2.24, 2.45) is 5.73 Å². The number of hydrogen-bond acceptors (Lipinski definition) is 4. The monoisotopic (exact) mass is 256 g/mol. The van der Waals surface area contributed by atoms with Crippen molar-refractivity contribution in [2.75, 3.05) is 31.1 Å². The molecule has 3 N–H and O–H groups in total. The van der Waals surface area contributed by atoms with E-state index in [-0.39, 0.29) is 0 Å². The summed E-state index contributed by atoms with van der Waals surface area (Å²) in [5, 5.41) is 4.11. The summed E-state index contributed by atoms with van der Waals surface area (Å²) in [4.78, 5) is 18.4. The van der Waals surface area contributed by atoms with Crippen molar-refractivity contribution in [2.45, 2.75) is 0 Å². The largest absolute Gasteiger partial charge is 0.366 e. The predicted octanol–water partition coefficient (Wildman–Crippen LogP) is 0.743. The number of amides is 1. The number of primary amides is 1. The molecule has 0 unspecified atom stereocenters. The fourth-order valence-corrected chi connectivity index (χ4v) is 2.42. The van der Waals surface area contributed by atoms with E-state index in [0.29, 0.717) is 5.56 Å². The van der Waals surface area contributed by atoms with Gasteiger partial charge in [0.15, 0.2) is 0 Å². The molecule has 1 aromatic heterocycles. The summed E-state index contributed by atoms with van der Waals surface area (Å²) in [6, 6.07) is 9.40. The predicted molar refractivity (Wildman–Crippen MR) is 75.3 cm³/mol. The summed E-state index contributed by atoms with van der Waals surface area (Å²) >= 11 is 0. The van der Waals surface area contributed by atoms with E-state index < -0.39 is 5.91 Å². The highest BCUT2D eigenvalue weighted by atomic mass is 16.1. The minimum Gasteiger partial charge on any atom is -0.366 e. The summed E-state index contributed by atoms with van der Waals surface area (Å²) in [7, 11) is 0. The zero-order valence-corrected chi connectivity index (χ0v) is 10.6. The van der Waals surface area contributed by atoms with Crippen LogP contribution in [0.4, 0.5) is 5.82 Å². The van der Waals surface area contributed by atoms with E-state index in [1.165, 1.54) is 0 Å². The Bertz CT molecular complexity index is 620. The Morgan fingerprint density at radius 1 is 1.26 bits per heavy atom. The molecular weight excluding hydrogens is 240 g/mol. The summed E-state index contributed by atoms with van der Waals surface area (Å²) in [5.74, 6) is 0.420. The number of benzene rings is 1. The van der Waals surface area contributed by atoms with Crippen molar-refractivity contribution in [3.8, 4) is 0 Å². The lowest BCUT2D eigenvalue weighted by molar-refractivity contribution is 0.100. The summed E-state index contributed by atoms with van der Waals surface area (Å²) < 4.78 is 0. The molecule has 0 saturated carbocycles. The lowest BCUT2D eigenvalue weighted by Crippen LogP contribution is -2.44. The molecule has 1 aliphatic rings. The van der Waals surface area contributed by atoms with Gasteiger partial charge in [0, 0.05) is 31.6 Å². The fourth-order valence-electron chi connectivity index (χ4n) is 2.42. The van der Waals surface area contributed by atoms with Crippen molar-refractivity contribution in [3.05, 3.63) is 35.9 Å². The number of fused-ring (bicyclic) bond motifs is 1. The minimum atomic E-state index is -0.407. The molecule has 1 amide bonds. The molecule has 3 rings (SSSR count). The minimum absolute atomic E-state index is 0.407. The second-order valence-electron chi connectivity index (χ2n) is 4.65. The Morgan fingerprint density at radius 2 is 2.00 bits per heavy atom. The lowest BCUT2D eigenvalue weighted by Gasteiger charge is -2.28. The molecule has 0 atom stereocenters. The maximum absolute atomic E-state index is 11.6. The molecule has 19 heavy (non-hydrogen) atoms. The number of nitrogens with zero attached hydrogens (tertiary/aromatic N) is 2. The molecule has 2 aromatic rings. The van der Waals surface area contributed by atoms with Gasteiger partial charge in [-0.15, -0.1) is 0 Å². The smallest absolute Gasteiger partial charge is 0.249 e. The first kappa shape index (κ1) is 11.9. The van der Waals surface area contributed by atoms with Gasteiger partial charge in [-0.25, -0.2) is 4.98 Å². The number of piperazine rings is 1. The van der Waals surface area contributed by atoms with Gasteiger partial charge in [0.2, 0.25) is 5.91 Å². The van der Waals surface area contributed by atoms with Gasteiger partial charge < -0.3 is 16.0 Å². The zero-order valence-electron chi connectivity index (χ0n) is 10.6. The molecule has 1 aliphatic heterocycles. The summed E-state index contributed by atoms with van der Waals surface area (Å²) in [5.41, 5.74) is 6.83. The van der Waals surface area contributed by atoms with Crippen molar-refractivity contribution in [1.29, 1.82) is 0 Å². The number of carbonyl (C=O) groups excluding carboxylic acids is 1. The standard InChI is InChI=1S/C14H16N4O/c15-14(19)11-9-13(18-7-5-16-6-8-18)17-12-4-2-1-3-10(11)12/h1-4,9,16H,5-8H2,(H2,15,19). The maximum atomic E-state index is 11.6. The molecule has 5 nitrogen and oxygen atoms in total. The molecule has 2 heterocycles. The van der Waals surface area contributed by atoms with Crippen LogP contribution in [0.2, 0.25) is 0 Å². The van der Waals surface area contributed by atoms with E-state index in [1.54, 1.807) is 6.07 Å². The SMILES string of the molecule is NC(=O)c1cc(N2CCNCC2)nc2ccccc12. The molecule has 1 saturated heterocycles. The number of nitrogens with two attached hydrogens (primary N) is 1. The first-order valence-electron chi connectivity index (χ1n) is 6.41. The number of pyridine rings is 1. The van der Waals surface area contributed by atoms with Crippen LogP contribution in [-0.4, -0.2) is 37.1 Å². The fraction of sp³-hybridized carbons (Fsp3) is 0.286. The molecule has 0 radical (unpaired) electrons. The van der Waals surface area contributed by atoms with Gasteiger partial charge >= 0.3 is 0 Å². The quantitative estimate of drug-likeness (QED) is 0.831. The number of carbonyl (C=O) groups is 1. The van der Waals surface area contributed by atoms with Crippen molar-refractivity contribution in [3.63, 3.8) is 0 Å². The normalized spacial score (nSPS) is 15.7. The van der Waals surface area contributed by atoms with Gasteiger partial charge in [-0.05, 0) is 12.1 Å². The van der Waals surface area contributed by atoms with Crippen LogP contribution in [0.5, 0.6) is 0 Å². The molecule has 5 heteroatoms. The van der Waals surface area contributed by atoms with Gasteiger partial charge in [0.1, 0.15) is 5.82 Å². The number of rotatable bonds is 2. The van der Waals surface area contributed by atoms with Crippen LogP contribution in [-0.2, 0) is 0 Å². The molecule has 98 valence electrons. The van der Waals surface area contributed by atoms with E-state index in [9.17, 15) is 4.79 Å². The highest BCUT2D eigenvalue weighted by molar-refractivity contribution is 6.06. The number of nitrogens with one attached hydrogen (secondary N) is 1. The van der Waals surface area contributed by atoms with Crippen molar-refractivity contribution in [1.82, 2.24) is 10.3 Å². The third-order valence-electron chi connectivity index (χ3n) is 3.41. The first-order valence-corrected chi connectivity index (χ1v) is 6.41. The molecule has 1 fully saturated rings. The molecule has 1 aromatic carbocycles. The topological polar surface area (TPSA) is 71.2 Å². The van der Waals surface area contributed by atoms with Crippen molar-refractivity contribution >= 4 is 22.6 Å². The second kappa shape index (κ2) is 4.85. The Hall–Kier alpha value is -2.14. The first-order chi connectivity index (χ1) is 9.25. The average molecular weight is 256 g/mol. The van der Waals surface area contributed by atoms with Gasteiger partial charge in [-0.2, -0.15) is 0 Å². The average Bonchev–Trinajstić information content (AvgIpc) is 2.47. The maximum Gasteiger partial charge on any atom is 0.249 e. The summed E-state index contributed by atoms with van der Waals surface area (Å²) in [6.45, 7) is 3.65. The second-order valence-corrected chi connectivity index (χ2v) is 4.65. The molecular formula is C14H16N4O. The number of anilines is 1. The van der Waals surface area contributed by atoms with Crippen LogP contribution in [0, 0.1) is 0 Å². The van der Waals surface area contributed by atoms with E-state index in [1.807, 2.05) is 24.3 Å². The van der Waals surface area contributed by atoms with E-state index in [0.717, 1.165) is 42.9 Å². The lowest BCUT2D eigenvalue weighted by atomic mass is 10.1. The van der Waals surface area contributed by atoms with Crippen molar-refractivity contribution < 1.29 is 4.79 Å². The van der Waals surface area contributed by atoms with E-state index >= 15 is 0 Å². The zero-order chi connectivity index (χ0) is 13.2. The van der Waals surface area contributed by atoms with Crippen LogP contribution in [0.25, 0.3) is 10.9 Å². The van der Waals surface area contributed by atoms with Crippen LogP contribution in [0.1, 0.15) is 10.4 Å². The van der Waals surface area contributed by atoms with Crippen LogP contribution < -0.4 is 16.0 Å². The third-order valence-corrected chi connectivity index (χ3v) is 3.41. The number of hydrogen-bond donors (Lipinski definition) is 2. The van der Waals surface area contributed by atoms with Gasteiger partial charge in [-0.3, -0.25) is 4.79 Å².